The SMILES string of the molecule is CC(C)(C)c1nc(NCCNc2ccc([N+](=O)[O-])cn2)nc(-c2ccc(C#N)cc2)c1C(=O)O. The molecule has 11 heteroatoms. The van der Waals surface area contributed by atoms with Crippen LogP contribution in [0.1, 0.15) is 42.4 Å². The number of aromatic nitrogens is 3. The lowest BCUT2D eigenvalue weighted by Gasteiger charge is -2.23. The quantitative estimate of drug-likeness (QED) is 0.255. The minimum absolute atomic E-state index is 0.0102. The molecule has 0 radical (unpaired) electrons. The van der Waals surface area contributed by atoms with E-state index < -0.39 is 16.3 Å². The zero-order valence-corrected chi connectivity index (χ0v) is 18.9. The molecule has 2 heterocycles. The zero-order valence-electron chi connectivity index (χ0n) is 18.9. The van der Waals surface area contributed by atoms with Gasteiger partial charge in [-0.1, -0.05) is 32.9 Å². The maximum Gasteiger partial charge on any atom is 0.339 e. The molecular weight excluding hydrogens is 438 g/mol. The molecule has 0 saturated carbocycles. The smallest absolute Gasteiger partial charge is 0.339 e. The van der Waals surface area contributed by atoms with Crippen molar-refractivity contribution in [3.05, 3.63) is 69.5 Å². The van der Waals surface area contributed by atoms with Gasteiger partial charge in [-0.05, 0) is 18.2 Å². The maximum absolute atomic E-state index is 12.2. The van der Waals surface area contributed by atoms with E-state index in [1.807, 2.05) is 26.8 Å². The molecule has 3 aromatic rings. The maximum atomic E-state index is 12.2. The van der Waals surface area contributed by atoms with Gasteiger partial charge in [-0.15, -0.1) is 0 Å². The normalized spacial score (nSPS) is 10.9. The molecule has 34 heavy (non-hydrogen) atoms. The van der Waals surface area contributed by atoms with Gasteiger partial charge in [-0.2, -0.15) is 5.26 Å². The summed E-state index contributed by atoms with van der Waals surface area (Å²) in [4.78, 5) is 35.3. The third-order valence-corrected chi connectivity index (χ3v) is 4.79. The third-order valence-electron chi connectivity index (χ3n) is 4.79. The van der Waals surface area contributed by atoms with Gasteiger partial charge in [-0.3, -0.25) is 10.1 Å². The van der Waals surface area contributed by atoms with Crippen molar-refractivity contribution >= 4 is 23.4 Å². The van der Waals surface area contributed by atoms with Gasteiger partial charge < -0.3 is 15.7 Å². The van der Waals surface area contributed by atoms with E-state index in [0.717, 1.165) is 0 Å². The second kappa shape index (κ2) is 9.91. The van der Waals surface area contributed by atoms with Crippen molar-refractivity contribution in [2.45, 2.75) is 26.2 Å². The van der Waals surface area contributed by atoms with Crippen LogP contribution in [0, 0.1) is 21.4 Å². The summed E-state index contributed by atoms with van der Waals surface area (Å²) >= 11 is 0. The fraction of sp³-hybridized carbons (Fsp3) is 0.261. The molecule has 0 aliphatic rings. The van der Waals surface area contributed by atoms with Crippen LogP contribution in [0.5, 0.6) is 0 Å². The Bertz CT molecular complexity index is 1240. The van der Waals surface area contributed by atoms with Gasteiger partial charge in [0.15, 0.2) is 0 Å². The Morgan fingerprint density at radius 1 is 1.12 bits per heavy atom. The van der Waals surface area contributed by atoms with Gasteiger partial charge >= 0.3 is 5.97 Å². The molecule has 174 valence electrons. The Balaban J connectivity index is 1.86. The van der Waals surface area contributed by atoms with Crippen molar-refractivity contribution in [1.82, 2.24) is 15.0 Å². The lowest BCUT2D eigenvalue weighted by atomic mass is 9.87. The molecule has 1 aromatic carbocycles. The molecule has 0 bridgehead atoms. The predicted octanol–water partition coefficient (Wildman–Crippen LogP) is 3.84. The van der Waals surface area contributed by atoms with Crippen LogP contribution in [0.15, 0.2) is 42.6 Å². The Morgan fingerprint density at radius 2 is 1.79 bits per heavy atom. The standard InChI is InChI=1S/C23H23N7O4/c1-23(2,3)20-18(21(31)32)19(15-6-4-14(12-24)5-7-15)28-22(29-20)26-11-10-25-17-9-8-16(13-27-17)30(33)34/h4-9,13H,10-11H2,1-3H3,(H,25,27)(H,31,32)(H,26,28,29). The van der Waals surface area contributed by atoms with E-state index in [4.69, 9.17) is 5.26 Å². The first-order valence-electron chi connectivity index (χ1n) is 10.3. The van der Waals surface area contributed by atoms with Crippen LogP contribution in [0.3, 0.4) is 0 Å². The minimum Gasteiger partial charge on any atom is -0.478 e. The average Bonchev–Trinajstić information content (AvgIpc) is 2.81. The van der Waals surface area contributed by atoms with Gasteiger partial charge in [0.1, 0.15) is 17.6 Å². The van der Waals surface area contributed by atoms with Crippen molar-refractivity contribution in [1.29, 1.82) is 5.26 Å². The minimum atomic E-state index is -1.14. The second-order valence-electron chi connectivity index (χ2n) is 8.38. The number of anilines is 2. The summed E-state index contributed by atoms with van der Waals surface area (Å²) in [6.07, 6.45) is 1.17. The van der Waals surface area contributed by atoms with E-state index in [1.54, 1.807) is 24.3 Å². The second-order valence-corrected chi connectivity index (χ2v) is 8.38. The van der Waals surface area contributed by atoms with Gasteiger partial charge in [0.25, 0.3) is 5.69 Å². The number of benzene rings is 1. The van der Waals surface area contributed by atoms with Gasteiger partial charge in [-0.25, -0.2) is 19.7 Å². The first-order valence-corrected chi connectivity index (χ1v) is 10.3. The van der Waals surface area contributed by atoms with Crippen LogP contribution >= 0.6 is 0 Å². The molecule has 3 N–H and O–H groups in total. The number of nitrogens with zero attached hydrogens (tertiary/aromatic N) is 5. The average molecular weight is 461 g/mol. The monoisotopic (exact) mass is 461 g/mol. The highest BCUT2D eigenvalue weighted by molar-refractivity contribution is 5.96. The fourth-order valence-electron chi connectivity index (χ4n) is 3.16. The number of carboxylic acid groups (broad SMARTS) is 1. The number of hydrogen-bond acceptors (Lipinski definition) is 9. The van der Waals surface area contributed by atoms with Crippen LogP contribution in [-0.2, 0) is 5.41 Å². The van der Waals surface area contributed by atoms with E-state index in [0.29, 0.717) is 35.7 Å². The predicted molar refractivity (Wildman–Crippen MR) is 126 cm³/mol. The van der Waals surface area contributed by atoms with Crippen LogP contribution in [0.25, 0.3) is 11.3 Å². The van der Waals surface area contributed by atoms with Crippen molar-refractivity contribution in [3.63, 3.8) is 0 Å². The van der Waals surface area contributed by atoms with Crippen molar-refractivity contribution in [2.75, 3.05) is 23.7 Å². The molecule has 0 saturated heterocycles. The number of aromatic carboxylic acids is 1. The molecule has 0 aliphatic carbocycles. The molecule has 0 aliphatic heterocycles. The first kappa shape index (κ1) is 24.1. The van der Waals surface area contributed by atoms with Crippen LogP contribution in [0.4, 0.5) is 17.5 Å². The molecule has 2 aromatic heterocycles. The van der Waals surface area contributed by atoms with Crippen molar-refractivity contribution in [3.8, 4) is 17.3 Å². The number of rotatable bonds is 8. The lowest BCUT2D eigenvalue weighted by molar-refractivity contribution is -0.385. The number of nitriles is 1. The number of carboxylic acids is 1. The van der Waals surface area contributed by atoms with E-state index in [9.17, 15) is 20.0 Å². The molecule has 0 amide bonds. The highest BCUT2D eigenvalue weighted by Crippen LogP contribution is 2.32. The fourth-order valence-corrected chi connectivity index (χ4v) is 3.16. The molecular formula is C23H23N7O4. The number of pyridine rings is 1. The highest BCUT2D eigenvalue weighted by atomic mass is 16.6. The number of nitro groups is 1. The van der Waals surface area contributed by atoms with Gasteiger partial charge in [0.2, 0.25) is 5.95 Å². The largest absolute Gasteiger partial charge is 0.478 e. The summed E-state index contributed by atoms with van der Waals surface area (Å²) in [6.45, 7) is 6.40. The van der Waals surface area contributed by atoms with Crippen molar-refractivity contribution < 1.29 is 14.8 Å². The van der Waals surface area contributed by atoms with Gasteiger partial charge in [0.05, 0.1) is 27.9 Å². The zero-order chi connectivity index (χ0) is 24.9. The van der Waals surface area contributed by atoms with E-state index in [-0.39, 0.29) is 22.9 Å². The summed E-state index contributed by atoms with van der Waals surface area (Å²) < 4.78 is 0. The molecule has 0 unspecified atom stereocenters. The Labute approximate surface area is 195 Å². The Kier molecular flexibility index (Phi) is 7.01. The van der Waals surface area contributed by atoms with E-state index >= 15 is 0 Å². The number of carbonyl (C=O) groups is 1. The van der Waals surface area contributed by atoms with E-state index in [1.165, 1.54) is 18.3 Å². The summed E-state index contributed by atoms with van der Waals surface area (Å²) in [5.41, 5.74) is 0.980. The van der Waals surface area contributed by atoms with Crippen LogP contribution in [-0.4, -0.2) is 44.0 Å². The molecule has 11 nitrogen and oxygen atoms in total. The summed E-state index contributed by atoms with van der Waals surface area (Å²) in [5.74, 6) is -0.405. The Morgan fingerprint density at radius 3 is 2.32 bits per heavy atom. The molecule has 3 rings (SSSR count). The molecule has 0 spiro atoms. The topological polar surface area (TPSA) is 167 Å². The van der Waals surface area contributed by atoms with Crippen LogP contribution < -0.4 is 10.6 Å². The first-order chi connectivity index (χ1) is 16.1. The van der Waals surface area contributed by atoms with Gasteiger partial charge in [0, 0.05) is 30.1 Å². The van der Waals surface area contributed by atoms with Crippen LogP contribution in [0.2, 0.25) is 0 Å². The highest BCUT2D eigenvalue weighted by Gasteiger charge is 2.29. The Hall–Kier alpha value is -4.59. The van der Waals surface area contributed by atoms with Crippen molar-refractivity contribution in [2.24, 2.45) is 0 Å². The number of nitrogens with one attached hydrogen (secondary N) is 2. The molecule has 0 atom stereocenters. The molecule has 0 fully saturated rings. The number of hydrogen-bond donors (Lipinski definition) is 3. The lowest BCUT2D eigenvalue weighted by Crippen LogP contribution is -2.23. The summed E-state index contributed by atoms with van der Waals surface area (Å²) in [5, 5.41) is 35.9. The third kappa shape index (κ3) is 5.60. The van der Waals surface area contributed by atoms with E-state index in [2.05, 4.69) is 25.6 Å². The summed E-state index contributed by atoms with van der Waals surface area (Å²) in [7, 11) is 0. The summed E-state index contributed by atoms with van der Waals surface area (Å²) in [6, 6.07) is 11.4.